The number of Topliss-reactive ketones (excluding diaryl/α,β-unsaturated/α-hetero) is 2. The Morgan fingerprint density at radius 2 is 1.74 bits per heavy atom. The molecular weight excluding hydrogens is 550 g/mol. The van der Waals surface area contributed by atoms with E-state index >= 15 is 0 Å². The molecule has 0 heterocycles. The molecule has 0 aromatic heterocycles. The Balaban J connectivity index is 1.35. The van der Waals surface area contributed by atoms with Gasteiger partial charge in [-0.3, -0.25) is 28.8 Å². The maximum Gasteiger partial charge on any atom is 0.326 e. The predicted molar refractivity (Wildman–Crippen MR) is 144 cm³/mol. The quantitative estimate of drug-likeness (QED) is 0.256. The first-order valence-corrected chi connectivity index (χ1v) is 14.5. The summed E-state index contributed by atoms with van der Waals surface area (Å²) in [7, 11) is 0. The largest absolute Gasteiger partial charge is 0.481 e. The van der Waals surface area contributed by atoms with E-state index in [4.69, 9.17) is 14.9 Å². The number of nitrogens with one attached hydrogen (secondary N) is 1. The summed E-state index contributed by atoms with van der Waals surface area (Å²) in [5, 5.41) is 31.7. The average Bonchev–Trinajstić information content (AvgIpc) is 3.19. The lowest BCUT2D eigenvalue weighted by Gasteiger charge is -2.57. The third-order valence-corrected chi connectivity index (χ3v) is 10.5. The highest BCUT2D eigenvalue weighted by Crippen LogP contribution is 2.66. The summed E-state index contributed by atoms with van der Waals surface area (Å²) >= 11 is 0. The Morgan fingerprint density at radius 3 is 2.40 bits per heavy atom. The molecule has 1 amide bonds. The van der Waals surface area contributed by atoms with Gasteiger partial charge in [-0.05, 0) is 61.9 Å². The Labute approximate surface area is 243 Å². The Morgan fingerprint density at radius 1 is 1.02 bits per heavy atom. The van der Waals surface area contributed by atoms with Crippen molar-refractivity contribution in [3.8, 4) is 0 Å². The molecule has 12 heteroatoms. The van der Waals surface area contributed by atoms with Crippen LogP contribution in [0.2, 0.25) is 0 Å². The molecule has 3 fully saturated rings. The lowest BCUT2D eigenvalue weighted by Crippen LogP contribution is -2.61. The van der Waals surface area contributed by atoms with Crippen LogP contribution in [0.25, 0.3) is 0 Å². The highest BCUT2D eigenvalue weighted by Gasteiger charge is 2.68. The fraction of sp³-hybridized carbons (Fsp3) is 0.700. The van der Waals surface area contributed by atoms with Crippen molar-refractivity contribution >= 4 is 41.2 Å². The SMILES string of the molecule is C[C@]12CCC(=O)C=C1CC[C@@H]1[C@@H]2C(=O)C[C@@]2(C)[C@H]1CC[C@]2(O)C(=O)COC(=O)CCC(=O)N[C@H](CCC(=O)O)C(=O)O. The molecule has 12 nitrogen and oxygen atoms in total. The summed E-state index contributed by atoms with van der Waals surface area (Å²) in [6.07, 6.45) is 3.13. The molecule has 4 rings (SSSR count). The molecule has 0 radical (unpaired) electrons. The van der Waals surface area contributed by atoms with Crippen LogP contribution in [0, 0.1) is 28.6 Å². The van der Waals surface area contributed by atoms with Crippen molar-refractivity contribution < 1.29 is 53.6 Å². The monoisotopic (exact) mass is 589 g/mol. The van der Waals surface area contributed by atoms with Crippen LogP contribution >= 0.6 is 0 Å². The fourth-order valence-corrected chi connectivity index (χ4v) is 8.19. The second-order valence-electron chi connectivity index (χ2n) is 12.8. The minimum atomic E-state index is -1.87. The molecular formula is C30H39NO11. The lowest BCUT2D eigenvalue weighted by atomic mass is 9.46. The number of ether oxygens (including phenoxy) is 1. The van der Waals surface area contributed by atoms with Gasteiger partial charge in [0.2, 0.25) is 11.7 Å². The molecule has 0 bridgehead atoms. The van der Waals surface area contributed by atoms with E-state index in [-0.39, 0.29) is 48.6 Å². The van der Waals surface area contributed by atoms with Crippen molar-refractivity contribution in [1.29, 1.82) is 0 Å². The molecule has 0 aliphatic heterocycles. The number of rotatable bonds is 11. The Hall–Kier alpha value is -3.41. The van der Waals surface area contributed by atoms with Crippen LogP contribution in [0.15, 0.2) is 11.6 Å². The average molecular weight is 590 g/mol. The van der Waals surface area contributed by atoms with Crippen LogP contribution < -0.4 is 5.32 Å². The zero-order valence-electron chi connectivity index (χ0n) is 24.0. The second-order valence-corrected chi connectivity index (χ2v) is 12.8. The van der Waals surface area contributed by atoms with Crippen molar-refractivity contribution in [2.75, 3.05) is 6.61 Å². The van der Waals surface area contributed by atoms with Crippen molar-refractivity contribution in [2.45, 2.75) is 96.1 Å². The first-order valence-electron chi connectivity index (χ1n) is 14.5. The zero-order chi connectivity index (χ0) is 31.0. The summed E-state index contributed by atoms with van der Waals surface area (Å²) in [5.41, 5.74) is -2.27. The van der Waals surface area contributed by atoms with E-state index in [1.54, 1.807) is 13.0 Å². The van der Waals surface area contributed by atoms with Crippen molar-refractivity contribution in [3.05, 3.63) is 11.6 Å². The summed E-state index contributed by atoms with van der Waals surface area (Å²) in [6, 6.07) is -1.43. The number of allylic oxidation sites excluding steroid dienone is 1. The number of hydrogen-bond acceptors (Lipinski definition) is 9. The molecule has 4 aliphatic carbocycles. The molecule has 42 heavy (non-hydrogen) atoms. The number of aliphatic hydroxyl groups is 1. The van der Waals surface area contributed by atoms with E-state index in [0.29, 0.717) is 32.1 Å². The predicted octanol–water partition coefficient (Wildman–Crippen LogP) is 1.76. The fourth-order valence-electron chi connectivity index (χ4n) is 8.19. The van der Waals surface area contributed by atoms with Gasteiger partial charge in [-0.25, -0.2) is 4.79 Å². The first-order chi connectivity index (χ1) is 19.6. The maximum absolute atomic E-state index is 13.7. The molecule has 0 aromatic rings. The highest BCUT2D eigenvalue weighted by molar-refractivity contribution is 5.95. The number of amides is 1. The van der Waals surface area contributed by atoms with Gasteiger partial charge in [0.05, 0.1) is 6.42 Å². The number of esters is 1. The molecule has 4 aliphatic rings. The number of carbonyl (C=O) groups excluding carboxylic acids is 5. The van der Waals surface area contributed by atoms with Crippen LogP contribution in [0.3, 0.4) is 0 Å². The van der Waals surface area contributed by atoms with E-state index in [1.165, 1.54) is 0 Å². The summed E-state index contributed by atoms with van der Waals surface area (Å²) in [6.45, 7) is 3.10. The number of hydrogen-bond donors (Lipinski definition) is 4. The van der Waals surface area contributed by atoms with Crippen LogP contribution in [0.4, 0.5) is 0 Å². The lowest BCUT2D eigenvalue weighted by molar-refractivity contribution is -0.174. The van der Waals surface area contributed by atoms with Gasteiger partial charge in [0.15, 0.2) is 12.4 Å². The van der Waals surface area contributed by atoms with Crippen LogP contribution in [0.1, 0.15) is 84.5 Å². The van der Waals surface area contributed by atoms with Gasteiger partial charge in [0.25, 0.3) is 0 Å². The van der Waals surface area contributed by atoms with Crippen molar-refractivity contribution in [1.82, 2.24) is 5.32 Å². The van der Waals surface area contributed by atoms with E-state index < -0.39 is 77.9 Å². The van der Waals surface area contributed by atoms with Gasteiger partial charge >= 0.3 is 17.9 Å². The van der Waals surface area contributed by atoms with Gasteiger partial charge in [-0.2, -0.15) is 0 Å². The van der Waals surface area contributed by atoms with Gasteiger partial charge < -0.3 is 25.4 Å². The minimum absolute atomic E-state index is 0.0125. The minimum Gasteiger partial charge on any atom is -0.481 e. The van der Waals surface area contributed by atoms with Crippen molar-refractivity contribution in [3.63, 3.8) is 0 Å². The molecule has 0 aromatic carbocycles. The molecule has 230 valence electrons. The molecule has 4 N–H and O–H groups in total. The summed E-state index contributed by atoms with van der Waals surface area (Å²) in [4.78, 5) is 85.4. The van der Waals surface area contributed by atoms with Gasteiger partial charge in [-0.1, -0.05) is 19.4 Å². The van der Waals surface area contributed by atoms with Crippen LogP contribution in [-0.2, 0) is 38.3 Å². The number of aliphatic carboxylic acids is 2. The Bertz CT molecular complexity index is 1240. The topological polar surface area (TPSA) is 201 Å². The number of ketones is 3. The van der Waals surface area contributed by atoms with Crippen LogP contribution in [0.5, 0.6) is 0 Å². The number of carboxylic acids is 2. The highest BCUT2D eigenvalue weighted by atomic mass is 16.5. The van der Waals surface area contributed by atoms with E-state index in [1.807, 2.05) is 0 Å². The van der Waals surface area contributed by atoms with Crippen LogP contribution in [-0.4, -0.2) is 74.7 Å². The smallest absolute Gasteiger partial charge is 0.326 e. The van der Waals surface area contributed by atoms with E-state index in [2.05, 4.69) is 12.2 Å². The summed E-state index contributed by atoms with van der Waals surface area (Å²) < 4.78 is 5.07. The number of carboxylic acid groups (broad SMARTS) is 2. The number of fused-ring (bicyclic) bond motifs is 5. The standard InChI is InChI=1S/C30H39NO11/c1-28-11-9-17(32)13-16(28)3-4-18-19-10-12-30(41,29(19,2)14-21(33)26(18)28)22(34)15-42-25(38)8-6-23(35)31-20(27(39)40)5-7-24(36)37/h13,18-20,26,41H,3-12,14-15H2,1-2H3,(H,31,35)(H,36,37)(H,39,40)/t18-,19-,20+,26+,28-,29-,30-/m0/s1. The molecule has 0 saturated heterocycles. The van der Waals surface area contributed by atoms with Gasteiger partial charge in [0, 0.05) is 37.0 Å². The third-order valence-electron chi connectivity index (χ3n) is 10.5. The molecule has 0 unspecified atom stereocenters. The molecule has 3 saturated carbocycles. The molecule has 7 atom stereocenters. The van der Waals surface area contributed by atoms with Crippen molar-refractivity contribution in [2.24, 2.45) is 28.6 Å². The van der Waals surface area contributed by atoms with Gasteiger partial charge in [0.1, 0.15) is 17.4 Å². The molecule has 0 spiro atoms. The van der Waals surface area contributed by atoms with E-state index in [0.717, 1.165) is 5.57 Å². The maximum atomic E-state index is 13.7. The first kappa shape index (κ1) is 31.5. The van der Waals surface area contributed by atoms with Gasteiger partial charge in [-0.15, -0.1) is 0 Å². The Kier molecular flexibility index (Phi) is 8.78. The zero-order valence-corrected chi connectivity index (χ0v) is 24.0. The van der Waals surface area contributed by atoms with E-state index in [9.17, 15) is 38.7 Å². The number of carbonyl (C=O) groups is 7. The normalized spacial score (nSPS) is 34.3. The summed E-state index contributed by atoms with van der Waals surface area (Å²) in [5.74, 6) is -5.33. The second kappa shape index (κ2) is 11.7. The third kappa shape index (κ3) is 5.65.